The summed E-state index contributed by atoms with van der Waals surface area (Å²) < 4.78 is 0. The van der Waals surface area contributed by atoms with Crippen molar-refractivity contribution in [3.8, 4) is 12.1 Å². The van der Waals surface area contributed by atoms with Gasteiger partial charge in [-0.3, -0.25) is 4.79 Å². The fraction of sp³-hybridized carbons (Fsp3) is 0.318. The predicted molar refractivity (Wildman–Crippen MR) is 115 cm³/mol. The molecule has 0 amide bonds. The molecule has 0 radical (unpaired) electrons. The maximum atomic E-state index is 11.7. The number of rotatable bonds is 4. The molecule has 0 aromatic heterocycles. The molecular weight excluding hydrogens is 384 g/mol. The Morgan fingerprint density at radius 3 is 2.24 bits per heavy atom. The molecule has 29 heavy (non-hydrogen) atoms. The van der Waals surface area contributed by atoms with E-state index in [2.05, 4.69) is 25.7 Å². The minimum atomic E-state index is -0.659. The van der Waals surface area contributed by atoms with Gasteiger partial charge in [-0.15, -0.1) is 0 Å². The van der Waals surface area contributed by atoms with Crippen molar-refractivity contribution in [2.45, 2.75) is 25.7 Å². The topological polar surface area (TPSA) is 91.4 Å². The monoisotopic (exact) mass is 408 g/mol. The molecule has 0 saturated heterocycles. The Morgan fingerprint density at radius 1 is 1.17 bits per heavy atom. The molecule has 6 nitrogen and oxygen atoms in total. The van der Waals surface area contributed by atoms with Crippen LogP contribution < -0.4 is 4.90 Å². The third-order valence-electron chi connectivity index (χ3n) is 4.82. The number of carbonyl (C=O) groups is 1. The van der Waals surface area contributed by atoms with Crippen LogP contribution in [-0.2, 0) is 4.79 Å². The van der Waals surface area contributed by atoms with Crippen LogP contribution in [0, 0.1) is 22.7 Å². The number of aliphatic hydroxyl groups excluding tert-OH is 1. The number of thioether (sulfide) groups is 1. The van der Waals surface area contributed by atoms with Gasteiger partial charge in [-0.2, -0.15) is 10.5 Å². The van der Waals surface area contributed by atoms with E-state index in [9.17, 15) is 9.90 Å². The van der Waals surface area contributed by atoms with Gasteiger partial charge in [0.25, 0.3) is 0 Å². The second-order valence-corrected chi connectivity index (χ2v) is 7.36. The van der Waals surface area contributed by atoms with E-state index in [0.717, 1.165) is 15.6 Å². The first-order valence-corrected chi connectivity index (χ1v) is 10.2. The molecule has 2 aliphatic rings. The van der Waals surface area contributed by atoms with E-state index >= 15 is 0 Å². The second kappa shape index (κ2) is 9.97. The molecule has 0 saturated carbocycles. The number of fused-ring (bicyclic) bond motifs is 1. The quantitative estimate of drug-likeness (QED) is 0.591. The largest absolute Gasteiger partial charge is 0.504 e. The van der Waals surface area contributed by atoms with E-state index in [1.807, 2.05) is 36.2 Å². The van der Waals surface area contributed by atoms with Gasteiger partial charge >= 0.3 is 0 Å². The summed E-state index contributed by atoms with van der Waals surface area (Å²) in [6.45, 7) is 10.1. The van der Waals surface area contributed by atoms with E-state index in [1.165, 1.54) is 31.4 Å². The Labute approximate surface area is 176 Å². The van der Waals surface area contributed by atoms with Crippen molar-refractivity contribution >= 4 is 23.2 Å². The number of nitriles is 2. The minimum absolute atomic E-state index is 0.0139. The highest BCUT2D eigenvalue weighted by molar-refractivity contribution is 8.03. The molecule has 1 aliphatic heterocycles. The van der Waals surface area contributed by atoms with Crippen LogP contribution in [0.1, 0.15) is 20.8 Å². The van der Waals surface area contributed by atoms with Crippen molar-refractivity contribution < 1.29 is 9.90 Å². The lowest BCUT2D eigenvalue weighted by molar-refractivity contribution is -0.115. The molecule has 1 heterocycles. The number of nitrogens with zero attached hydrogens (tertiary/aromatic N) is 4. The number of benzene rings is 1. The third kappa shape index (κ3) is 4.54. The number of hydrogen-bond donors (Lipinski definition) is 1. The molecule has 150 valence electrons. The molecule has 1 aromatic rings. The fourth-order valence-corrected chi connectivity index (χ4v) is 4.08. The predicted octanol–water partition coefficient (Wildman–Crippen LogP) is 4.16. The van der Waals surface area contributed by atoms with Crippen molar-refractivity contribution in [3.05, 3.63) is 57.8 Å². The number of hydrogen-bond acceptors (Lipinski definition) is 7. The minimum Gasteiger partial charge on any atom is -0.504 e. The van der Waals surface area contributed by atoms with Gasteiger partial charge in [-0.05, 0) is 37.8 Å². The molecule has 0 bridgehead atoms. The zero-order chi connectivity index (χ0) is 21.6. The Balaban J connectivity index is 0.000000370. The van der Waals surface area contributed by atoms with Crippen molar-refractivity contribution in [2.75, 3.05) is 31.6 Å². The average Bonchev–Trinajstić information content (AvgIpc) is 3.08. The number of Topliss-reactive ketones (excluding diaryl/α,β-unsaturated/α-hetero) is 1. The van der Waals surface area contributed by atoms with E-state index in [-0.39, 0.29) is 16.7 Å². The van der Waals surface area contributed by atoms with Crippen molar-refractivity contribution in [1.29, 1.82) is 10.5 Å². The molecule has 0 unspecified atom stereocenters. The molecule has 1 aliphatic carbocycles. The number of carbonyl (C=O) groups excluding carboxylic acids is 1. The highest BCUT2D eigenvalue weighted by atomic mass is 32.2. The maximum absolute atomic E-state index is 11.7. The molecule has 0 fully saturated rings. The molecular formula is C22H24N4O2S. The fourth-order valence-electron chi connectivity index (χ4n) is 2.99. The van der Waals surface area contributed by atoms with Crippen LogP contribution in [0.25, 0.3) is 0 Å². The Hall–Kier alpha value is -3.00. The van der Waals surface area contributed by atoms with Crippen LogP contribution in [0.15, 0.2) is 62.7 Å². The Kier molecular flexibility index (Phi) is 7.67. The number of para-hydroxylation sites is 1. The van der Waals surface area contributed by atoms with Gasteiger partial charge in [-0.1, -0.05) is 44.7 Å². The summed E-state index contributed by atoms with van der Waals surface area (Å²) in [5, 5.41) is 28.4. The first-order chi connectivity index (χ1) is 13.9. The summed E-state index contributed by atoms with van der Waals surface area (Å²) >= 11 is 1.50. The third-order valence-corrected chi connectivity index (χ3v) is 5.99. The highest BCUT2D eigenvalue weighted by Crippen LogP contribution is 2.46. The van der Waals surface area contributed by atoms with E-state index in [1.54, 1.807) is 18.2 Å². The first kappa shape index (κ1) is 22.3. The van der Waals surface area contributed by atoms with Crippen LogP contribution in [0.3, 0.4) is 0 Å². The summed E-state index contributed by atoms with van der Waals surface area (Å²) in [5.41, 5.74) is 0.971. The van der Waals surface area contributed by atoms with Crippen LogP contribution in [0.4, 0.5) is 5.69 Å². The second-order valence-electron chi connectivity index (χ2n) is 6.30. The smallest absolute Gasteiger partial charge is 0.230 e. The lowest BCUT2D eigenvalue weighted by atomic mass is 9.84. The normalized spacial score (nSPS) is 16.1. The van der Waals surface area contributed by atoms with Crippen LogP contribution >= 0.6 is 11.8 Å². The molecule has 7 heteroatoms. The molecule has 0 spiro atoms. The Bertz CT molecular complexity index is 954. The van der Waals surface area contributed by atoms with Crippen LogP contribution in [0.2, 0.25) is 0 Å². The van der Waals surface area contributed by atoms with Gasteiger partial charge in [0.1, 0.15) is 17.7 Å². The van der Waals surface area contributed by atoms with E-state index < -0.39 is 11.5 Å². The van der Waals surface area contributed by atoms with Gasteiger partial charge in [-0.25, -0.2) is 0 Å². The first-order valence-electron chi connectivity index (χ1n) is 9.40. The maximum Gasteiger partial charge on any atom is 0.230 e. The van der Waals surface area contributed by atoms with Crippen LogP contribution in [-0.4, -0.2) is 42.5 Å². The zero-order valence-electron chi connectivity index (χ0n) is 17.1. The summed E-state index contributed by atoms with van der Waals surface area (Å²) in [6, 6.07) is 11.2. The highest BCUT2D eigenvalue weighted by Gasteiger charge is 2.36. The van der Waals surface area contributed by atoms with Crippen LogP contribution in [0.5, 0.6) is 0 Å². The van der Waals surface area contributed by atoms with Gasteiger partial charge in [0, 0.05) is 17.5 Å². The lowest BCUT2D eigenvalue weighted by Crippen LogP contribution is -2.23. The van der Waals surface area contributed by atoms with Crippen molar-refractivity contribution in [3.63, 3.8) is 0 Å². The molecule has 3 rings (SSSR count). The van der Waals surface area contributed by atoms with Crippen molar-refractivity contribution in [2.24, 2.45) is 0 Å². The zero-order valence-corrected chi connectivity index (χ0v) is 17.9. The van der Waals surface area contributed by atoms with E-state index in [4.69, 9.17) is 10.5 Å². The summed E-state index contributed by atoms with van der Waals surface area (Å²) in [5.74, 6) is -1.07. The lowest BCUT2D eigenvalue weighted by Gasteiger charge is -2.21. The van der Waals surface area contributed by atoms with Gasteiger partial charge < -0.3 is 14.9 Å². The number of anilines is 1. The SMILES string of the molecule is CCN(CC)CC.CN1/C(=C/C2=C(O)C(=O)C2=C(C#N)C#N)Sc2ccccc21. The number of aliphatic hydroxyl groups is 1. The molecule has 0 atom stereocenters. The summed E-state index contributed by atoms with van der Waals surface area (Å²) in [6.07, 6.45) is 1.63. The standard InChI is InChI=1S/C16H9N3O2S.C6H15N/c1-19-11-4-2-3-5-12(11)22-13(19)6-10-14(9(7-17)8-18)16(21)15(10)20;1-4-7(5-2)6-3/h2-6,20H,1H3;4-6H2,1-3H3/b13-6-;. The average molecular weight is 409 g/mol. The number of ketones is 1. The Morgan fingerprint density at radius 2 is 1.76 bits per heavy atom. The summed E-state index contributed by atoms with van der Waals surface area (Å²) in [7, 11) is 1.88. The van der Waals surface area contributed by atoms with Gasteiger partial charge in [0.05, 0.1) is 16.3 Å². The number of allylic oxidation sites excluding steroid dienone is 4. The molecule has 1 N–H and O–H groups in total. The van der Waals surface area contributed by atoms with Gasteiger partial charge in [0.2, 0.25) is 5.78 Å². The van der Waals surface area contributed by atoms with E-state index in [0.29, 0.717) is 0 Å². The molecule has 1 aromatic carbocycles. The summed E-state index contributed by atoms with van der Waals surface area (Å²) in [4.78, 5) is 17.1. The van der Waals surface area contributed by atoms with Crippen molar-refractivity contribution in [1.82, 2.24) is 4.90 Å². The van der Waals surface area contributed by atoms with Gasteiger partial charge in [0.15, 0.2) is 5.76 Å².